The number of halogens is 2. The van der Waals surface area contributed by atoms with Gasteiger partial charge in [-0.25, -0.2) is 4.98 Å². The highest BCUT2D eigenvalue weighted by Crippen LogP contribution is 2.21. The summed E-state index contributed by atoms with van der Waals surface area (Å²) in [5.74, 6) is 1.42. The number of benzene rings is 1. The third-order valence-corrected chi connectivity index (χ3v) is 2.96. The molecule has 0 aliphatic carbocycles. The van der Waals surface area contributed by atoms with Crippen molar-refractivity contribution < 1.29 is 9.84 Å². The first-order chi connectivity index (χ1) is 10.0. The fourth-order valence-electron chi connectivity index (χ4n) is 1.91. The fraction of sp³-hybridized carbons (Fsp3) is 0.375. The minimum atomic E-state index is 0. The van der Waals surface area contributed by atoms with E-state index in [2.05, 4.69) is 14.9 Å². The van der Waals surface area contributed by atoms with Gasteiger partial charge in [0.25, 0.3) is 0 Å². The molecule has 0 radical (unpaired) electrons. The van der Waals surface area contributed by atoms with Gasteiger partial charge in [0.1, 0.15) is 5.75 Å². The molecular weight excluding hydrogens is 337 g/mol. The molecule has 0 unspecified atom stereocenters. The number of hydrogen-bond donors (Lipinski definition) is 1. The molecule has 0 fully saturated rings. The van der Waals surface area contributed by atoms with E-state index >= 15 is 0 Å². The summed E-state index contributed by atoms with van der Waals surface area (Å²) in [6.07, 6.45) is 0.949. The highest BCUT2D eigenvalue weighted by molar-refractivity contribution is 5.85. The summed E-state index contributed by atoms with van der Waals surface area (Å²) in [5, 5.41) is 9.33. The number of aryl methyl sites for hydroxylation is 1. The van der Waals surface area contributed by atoms with Gasteiger partial charge in [-0.1, -0.05) is 0 Å². The van der Waals surface area contributed by atoms with E-state index in [-0.39, 0.29) is 30.6 Å². The molecule has 0 atom stereocenters. The number of phenols is 1. The Balaban J connectivity index is 0.00000242. The van der Waals surface area contributed by atoms with Crippen LogP contribution in [0.15, 0.2) is 30.3 Å². The van der Waals surface area contributed by atoms with Crippen LogP contribution in [-0.2, 0) is 0 Å². The molecule has 0 saturated heterocycles. The zero-order valence-corrected chi connectivity index (χ0v) is 15.2. The first kappa shape index (κ1) is 21.4. The van der Waals surface area contributed by atoms with Crippen LogP contribution in [0.3, 0.4) is 0 Å². The number of phenolic OH excluding ortho intramolecular Hbond substituents is 1. The van der Waals surface area contributed by atoms with E-state index in [0.717, 1.165) is 24.2 Å². The highest BCUT2D eigenvalue weighted by Gasteiger charge is 2.06. The molecular formula is C16H23Cl2N3O2. The molecule has 0 aliphatic rings. The summed E-state index contributed by atoms with van der Waals surface area (Å²) >= 11 is 0. The molecule has 23 heavy (non-hydrogen) atoms. The van der Waals surface area contributed by atoms with E-state index in [0.29, 0.717) is 18.3 Å². The highest BCUT2D eigenvalue weighted by atomic mass is 35.5. The Kier molecular flexibility index (Phi) is 9.56. The van der Waals surface area contributed by atoms with Crippen LogP contribution in [0.5, 0.6) is 11.6 Å². The lowest BCUT2D eigenvalue weighted by molar-refractivity contribution is 0.273. The summed E-state index contributed by atoms with van der Waals surface area (Å²) in [6.45, 7) is 3.52. The molecule has 7 heteroatoms. The molecule has 1 N–H and O–H groups in total. The number of ether oxygens (including phenoxy) is 1. The van der Waals surface area contributed by atoms with Gasteiger partial charge in [-0.2, -0.15) is 4.98 Å². The smallest absolute Gasteiger partial charge is 0.217 e. The van der Waals surface area contributed by atoms with Gasteiger partial charge in [0.2, 0.25) is 5.88 Å². The van der Waals surface area contributed by atoms with Crippen molar-refractivity contribution in [1.82, 2.24) is 14.9 Å². The van der Waals surface area contributed by atoms with Gasteiger partial charge in [0.05, 0.1) is 6.61 Å². The van der Waals surface area contributed by atoms with Crippen LogP contribution in [0.25, 0.3) is 11.4 Å². The van der Waals surface area contributed by atoms with Crippen LogP contribution in [0.1, 0.15) is 12.1 Å². The average molecular weight is 360 g/mol. The Hall–Kier alpha value is -1.56. The minimum Gasteiger partial charge on any atom is -0.508 e. The third-order valence-electron chi connectivity index (χ3n) is 2.96. The lowest BCUT2D eigenvalue weighted by Crippen LogP contribution is -2.15. The molecule has 1 aromatic carbocycles. The van der Waals surface area contributed by atoms with E-state index < -0.39 is 0 Å². The maximum atomic E-state index is 9.33. The van der Waals surface area contributed by atoms with Gasteiger partial charge < -0.3 is 14.7 Å². The molecule has 0 spiro atoms. The number of nitrogens with zero attached hydrogens (tertiary/aromatic N) is 3. The van der Waals surface area contributed by atoms with Crippen LogP contribution in [0.4, 0.5) is 0 Å². The first-order valence-corrected chi connectivity index (χ1v) is 6.97. The quantitative estimate of drug-likeness (QED) is 0.801. The van der Waals surface area contributed by atoms with Crippen molar-refractivity contribution in [3.05, 3.63) is 36.0 Å². The van der Waals surface area contributed by atoms with Crippen molar-refractivity contribution in [3.8, 4) is 23.0 Å². The van der Waals surface area contributed by atoms with Crippen LogP contribution in [0.2, 0.25) is 0 Å². The predicted octanol–water partition coefficient (Wildman–Crippen LogP) is 3.33. The van der Waals surface area contributed by atoms with Crippen molar-refractivity contribution in [2.75, 3.05) is 27.2 Å². The largest absolute Gasteiger partial charge is 0.508 e. The SMILES string of the molecule is Cc1cc(OCCCN(C)C)nc(-c2ccc(O)cc2)n1.Cl.Cl. The Morgan fingerprint density at radius 3 is 2.35 bits per heavy atom. The topological polar surface area (TPSA) is 58.5 Å². The monoisotopic (exact) mass is 359 g/mol. The summed E-state index contributed by atoms with van der Waals surface area (Å²) in [7, 11) is 4.08. The molecule has 0 bridgehead atoms. The average Bonchev–Trinajstić information content (AvgIpc) is 2.43. The van der Waals surface area contributed by atoms with Crippen LogP contribution in [0, 0.1) is 6.92 Å². The molecule has 1 heterocycles. The van der Waals surface area contributed by atoms with Crippen LogP contribution in [-0.4, -0.2) is 47.2 Å². The Morgan fingerprint density at radius 2 is 1.74 bits per heavy atom. The third kappa shape index (κ3) is 7.03. The number of aromatic nitrogens is 2. The van der Waals surface area contributed by atoms with E-state index in [4.69, 9.17) is 4.74 Å². The lowest BCUT2D eigenvalue weighted by atomic mass is 10.2. The van der Waals surface area contributed by atoms with Crippen molar-refractivity contribution in [1.29, 1.82) is 0 Å². The molecule has 1 aromatic heterocycles. The standard InChI is InChI=1S/C16H21N3O2.2ClH/c1-12-11-15(21-10-4-9-19(2)3)18-16(17-12)13-5-7-14(20)8-6-13;;/h5-8,11,20H,4,9-10H2,1-3H3;2*1H. The molecule has 0 aliphatic heterocycles. The summed E-state index contributed by atoms with van der Waals surface area (Å²) < 4.78 is 5.70. The molecule has 5 nitrogen and oxygen atoms in total. The van der Waals surface area contributed by atoms with Crippen molar-refractivity contribution in [2.45, 2.75) is 13.3 Å². The van der Waals surface area contributed by atoms with E-state index in [1.165, 1.54) is 0 Å². The van der Waals surface area contributed by atoms with Crippen molar-refractivity contribution in [3.63, 3.8) is 0 Å². The lowest BCUT2D eigenvalue weighted by Gasteiger charge is -2.11. The zero-order chi connectivity index (χ0) is 15.2. The second kappa shape index (κ2) is 10.3. The van der Waals surface area contributed by atoms with Crippen molar-refractivity contribution in [2.24, 2.45) is 0 Å². The normalized spacial score (nSPS) is 9.91. The Labute approximate surface area is 149 Å². The fourth-order valence-corrected chi connectivity index (χ4v) is 1.91. The summed E-state index contributed by atoms with van der Waals surface area (Å²) in [5.41, 5.74) is 1.71. The van der Waals surface area contributed by atoms with Gasteiger partial charge in [-0.3, -0.25) is 0 Å². The van der Waals surface area contributed by atoms with Gasteiger partial charge in [0, 0.05) is 23.9 Å². The van der Waals surface area contributed by atoms with Crippen LogP contribution < -0.4 is 4.74 Å². The number of hydrogen-bond acceptors (Lipinski definition) is 5. The van der Waals surface area contributed by atoms with Gasteiger partial charge in [0.15, 0.2) is 5.82 Å². The maximum Gasteiger partial charge on any atom is 0.217 e. The molecule has 128 valence electrons. The van der Waals surface area contributed by atoms with E-state index in [9.17, 15) is 5.11 Å². The molecule has 0 amide bonds. The molecule has 0 saturated carbocycles. The number of aromatic hydroxyl groups is 1. The summed E-state index contributed by atoms with van der Waals surface area (Å²) in [6, 6.07) is 8.66. The second-order valence-electron chi connectivity index (χ2n) is 5.22. The first-order valence-electron chi connectivity index (χ1n) is 6.97. The molecule has 2 rings (SSSR count). The van der Waals surface area contributed by atoms with E-state index in [1.807, 2.05) is 27.1 Å². The zero-order valence-electron chi connectivity index (χ0n) is 13.5. The second-order valence-corrected chi connectivity index (χ2v) is 5.22. The summed E-state index contributed by atoms with van der Waals surface area (Å²) in [4.78, 5) is 11.0. The molecule has 2 aromatic rings. The Morgan fingerprint density at radius 1 is 1.09 bits per heavy atom. The minimum absolute atomic E-state index is 0. The van der Waals surface area contributed by atoms with Crippen molar-refractivity contribution >= 4 is 24.8 Å². The van der Waals surface area contributed by atoms with Gasteiger partial charge in [-0.15, -0.1) is 24.8 Å². The maximum absolute atomic E-state index is 9.33. The predicted molar refractivity (Wildman–Crippen MR) is 97.0 cm³/mol. The Bertz CT molecular complexity index is 592. The van der Waals surface area contributed by atoms with Gasteiger partial charge in [-0.05, 0) is 51.7 Å². The van der Waals surface area contributed by atoms with Gasteiger partial charge >= 0.3 is 0 Å². The van der Waals surface area contributed by atoms with E-state index in [1.54, 1.807) is 24.3 Å². The number of rotatable bonds is 6. The van der Waals surface area contributed by atoms with Crippen LogP contribution >= 0.6 is 24.8 Å².